The molecule has 0 atom stereocenters. The zero-order valence-corrected chi connectivity index (χ0v) is 24.1. The van der Waals surface area contributed by atoms with Crippen LogP contribution < -0.4 is 17.0 Å². The van der Waals surface area contributed by atoms with E-state index in [4.69, 9.17) is 30.9 Å². The Hall–Kier alpha value is -4.59. The second kappa shape index (κ2) is 16.9. The number of nitrogens with two attached hydrogens (primary N) is 1. The lowest BCUT2D eigenvalue weighted by atomic mass is 10.2. The Labute approximate surface area is 259 Å². The number of aromatic nitrogens is 1. The lowest BCUT2D eigenvalue weighted by molar-refractivity contribution is -0.141. The Kier molecular flexibility index (Phi) is 14.4. The molecule has 0 saturated heterocycles. The Balaban J connectivity index is 0.000000359. The van der Waals surface area contributed by atoms with E-state index in [1.54, 1.807) is 13.8 Å². The van der Waals surface area contributed by atoms with E-state index in [0.717, 1.165) is 12.1 Å². The molecule has 0 spiro atoms. The van der Waals surface area contributed by atoms with Gasteiger partial charge in [0.2, 0.25) is 0 Å². The van der Waals surface area contributed by atoms with Crippen LogP contribution in [0.2, 0.25) is 5.02 Å². The van der Waals surface area contributed by atoms with Gasteiger partial charge in [0.1, 0.15) is 34.1 Å². The van der Waals surface area contributed by atoms with Crippen LogP contribution in [0.3, 0.4) is 0 Å². The molecule has 0 amide bonds. The molecule has 3 N–H and O–H groups in total. The van der Waals surface area contributed by atoms with Gasteiger partial charge < -0.3 is 29.0 Å². The number of hydrogen-bond acceptors (Lipinski definition) is 10. The minimum Gasteiger partial charge on any atom is -0.465 e. The van der Waals surface area contributed by atoms with Gasteiger partial charge in [-0.2, -0.15) is 0 Å². The van der Waals surface area contributed by atoms with Gasteiger partial charge in [-0.1, -0.05) is 19.0 Å². The second-order valence-electron chi connectivity index (χ2n) is 8.11. The molecular formula is C29H28Cl2F2N2O9. The van der Waals surface area contributed by atoms with Crippen LogP contribution in [0.25, 0.3) is 32.8 Å². The van der Waals surface area contributed by atoms with Crippen LogP contribution in [-0.2, 0) is 14.3 Å². The topological polar surface area (TPSA) is 172 Å². The number of fused-ring (bicyclic) bond motifs is 4. The molecule has 0 bridgehead atoms. The summed E-state index contributed by atoms with van der Waals surface area (Å²) < 4.78 is 45.4. The summed E-state index contributed by atoms with van der Waals surface area (Å²) in [6.07, 6.45) is 0.290. The number of H-pyrrole nitrogens is 1. The van der Waals surface area contributed by atoms with Gasteiger partial charge >= 0.3 is 23.2 Å². The fraction of sp³-hybridized carbons (Fsp3) is 0.207. The summed E-state index contributed by atoms with van der Waals surface area (Å²) in [6.45, 7) is 4.04. The van der Waals surface area contributed by atoms with Gasteiger partial charge in [0.15, 0.2) is 6.29 Å². The Morgan fingerprint density at radius 2 is 1.45 bits per heavy atom. The first-order chi connectivity index (χ1) is 20.0. The van der Waals surface area contributed by atoms with Crippen molar-refractivity contribution < 1.29 is 41.5 Å². The minimum absolute atomic E-state index is 0. The third kappa shape index (κ3) is 8.72. The quantitative estimate of drug-likeness (QED) is 0.139. The number of rotatable bonds is 5. The Morgan fingerprint density at radius 3 is 1.98 bits per heavy atom. The highest BCUT2D eigenvalue weighted by molar-refractivity contribution is 6.37. The summed E-state index contributed by atoms with van der Waals surface area (Å²) in [4.78, 5) is 58.1. The van der Waals surface area contributed by atoms with Crippen molar-refractivity contribution >= 4 is 75.1 Å². The average molecular weight is 657 g/mol. The molecule has 0 unspecified atom stereocenters. The summed E-state index contributed by atoms with van der Waals surface area (Å²) in [6, 6.07) is 8.69. The molecule has 2 aromatic carbocycles. The van der Waals surface area contributed by atoms with Crippen LogP contribution in [0.1, 0.15) is 42.1 Å². The molecule has 0 aliphatic carbocycles. The van der Waals surface area contributed by atoms with E-state index < -0.39 is 28.9 Å². The summed E-state index contributed by atoms with van der Waals surface area (Å²) in [5.74, 6) is -1.90. The average Bonchev–Trinajstić information content (AvgIpc) is 3.42. The van der Waals surface area contributed by atoms with Crippen molar-refractivity contribution in [3.63, 3.8) is 0 Å². The number of ether oxygens (including phenoxy) is 2. The molecule has 15 heteroatoms. The zero-order valence-electron chi connectivity index (χ0n) is 22.5. The van der Waals surface area contributed by atoms with Crippen molar-refractivity contribution in [2.75, 3.05) is 19.8 Å². The van der Waals surface area contributed by atoms with Gasteiger partial charge in [-0.15, -0.1) is 12.4 Å². The van der Waals surface area contributed by atoms with Crippen molar-refractivity contribution in [2.24, 2.45) is 5.73 Å². The maximum absolute atomic E-state index is 13.3. The van der Waals surface area contributed by atoms with E-state index in [1.165, 1.54) is 30.3 Å². The minimum atomic E-state index is -0.825. The van der Waals surface area contributed by atoms with E-state index in [1.807, 2.05) is 0 Å². The smallest absolute Gasteiger partial charge is 0.354 e. The first-order valence-electron chi connectivity index (χ1n) is 12.2. The van der Waals surface area contributed by atoms with Gasteiger partial charge in [0, 0.05) is 10.8 Å². The predicted octanol–water partition coefficient (Wildman–Crippen LogP) is 5.55. The largest absolute Gasteiger partial charge is 0.465 e. The fourth-order valence-electron chi connectivity index (χ4n) is 3.56. The molecular weight excluding hydrogens is 629 g/mol. The number of halogens is 4. The SMILES string of the molecule is C.CCOC(=O)CN.CCOC(=O)c1cc2c(=O)oc3ccc(F)cc3c2[nH]1.Cl.O=Cc1c(Cl)c2cc(F)ccc2oc1=O. The standard InChI is InChI=1S/C14H10FNO4.C10H4ClFO3.C4H9NO2.CH4.ClH/c1-2-19-14(18)10-6-9-12(16-10)8-5-7(15)3-4-11(8)20-13(9)17;11-9-6-3-5(12)1-2-8(6)15-10(14)7(9)4-13;1-2-7-4(6)3-5;;/h3-6,16H,2H2,1H3;1-4H;2-3,5H2,1H3;1H4;1H. The molecule has 44 heavy (non-hydrogen) atoms. The summed E-state index contributed by atoms with van der Waals surface area (Å²) in [7, 11) is 0. The van der Waals surface area contributed by atoms with Crippen molar-refractivity contribution in [3.05, 3.63) is 91.2 Å². The number of carbonyl (C=O) groups is 3. The molecule has 0 fully saturated rings. The number of aromatic amines is 1. The molecule has 11 nitrogen and oxygen atoms in total. The van der Waals surface area contributed by atoms with E-state index in [-0.39, 0.29) is 77.2 Å². The van der Waals surface area contributed by atoms with Gasteiger partial charge in [-0.3, -0.25) is 9.59 Å². The first-order valence-corrected chi connectivity index (χ1v) is 12.6. The summed E-state index contributed by atoms with van der Waals surface area (Å²) in [5, 5.41) is 0.704. The van der Waals surface area contributed by atoms with E-state index >= 15 is 0 Å². The van der Waals surface area contributed by atoms with Gasteiger partial charge in [-0.25, -0.2) is 23.2 Å². The Morgan fingerprint density at radius 1 is 0.909 bits per heavy atom. The monoisotopic (exact) mass is 656 g/mol. The molecule has 5 rings (SSSR count). The maximum Gasteiger partial charge on any atom is 0.354 e. The van der Waals surface area contributed by atoms with Crippen molar-refractivity contribution in [1.29, 1.82) is 0 Å². The van der Waals surface area contributed by atoms with Crippen molar-refractivity contribution in [1.82, 2.24) is 4.98 Å². The van der Waals surface area contributed by atoms with Crippen molar-refractivity contribution in [2.45, 2.75) is 21.3 Å². The van der Waals surface area contributed by atoms with Crippen LogP contribution in [0.15, 0.2) is 60.9 Å². The summed E-state index contributed by atoms with van der Waals surface area (Å²) in [5.41, 5.74) is 4.06. The van der Waals surface area contributed by atoms with Gasteiger partial charge in [0.05, 0.1) is 35.7 Å². The van der Waals surface area contributed by atoms with Gasteiger partial charge in [-0.05, 0) is 56.3 Å². The molecule has 0 saturated carbocycles. The zero-order chi connectivity index (χ0) is 31.0. The van der Waals surface area contributed by atoms with E-state index in [9.17, 15) is 32.8 Å². The van der Waals surface area contributed by atoms with Crippen LogP contribution in [0.5, 0.6) is 0 Å². The second-order valence-corrected chi connectivity index (χ2v) is 8.48. The Bertz CT molecular complexity index is 1900. The van der Waals surface area contributed by atoms with E-state index in [0.29, 0.717) is 23.8 Å². The first kappa shape index (κ1) is 37.4. The molecule has 236 valence electrons. The number of esters is 2. The number of carbonyl (C=O) groups excluding carboxylic acids is 3. The molecule has 5 aromatic rings. The van der Waals surface area contributed by atoms with Crippen LogP contribution in [-0.4, -0.2) is 43.0 Å². The number of benzene rings is 2. The lowest BCUT2D eigenvalue weighted by Gasteiger charge is -2.00. The van der Waals surface area contributed by atoms with Gasteiger partial charge in [0.25, 0.3) is 0 Å². The highest BCUT2D eigenvalue weighted by atomic mass is 35.5. The predicted molar refractivity (Wildman–Crippen MR) is 163 cm³/mol. The van der Waals surface area contributed by atoms with Crippen LogP contribution in [0.4, 0.5) is 8.78 Å². The molecule has 0 aliphatic heterocycles. The lowest BCUT2D eigenvalue weighted by Crippen LogP contribution is -2.16. The third-order valence-corrected chi connectivity index (χ3v) is 5.78. The number of hydrogen-bond donors (Lipinski definition) is 2. The molecule has 3 heterocycles. The highest BCUT2D eigenvalue weighted by Crippen LogP contribution is 2.25. The summed E-state index contributed by atoms with van der Waals surface area (Å²) >= 11 is 5.76. The maximum atomic E-state index is 13.3. The fourth-order valence-corrected chi connectivity index (χ4v) is 3.83. The third-order valence-electron chi connectivity index (χ3n) is 5.37. The van der Waals surface area contributed by atoms with Crippen molar-refractivity contribution in [3.8, 4) is 0 Å². The van der Waals surface area contributed by atoms with E-state index in [2.05, 4.69) is 9.72 Å². The highest BCUT2D eigenvalue weighted by Gasteiger charge is 2.16. The normalized spacial score (nSPS) is 9.95. The molecule has 0 radical (unpaired) electrons. The van der Waals surface area contributed by atoms with Crippen LogP contribution >= 0.6 is 24.0 Å². The number of nitrogens with one attached hydrogen (secondary N) is 1. The molecule has 0 aliphatic rings. The van der Waals surface area contributed by atoms with Crippen LogP contribution in [0, 0.1) is 11.6 Å². The number of aldehydes is 1. The molecule has 3 aromatic heterocycles.